The fourth-order valence-electron chi connectivity index (χ4n) is 3.13. The van der Waals surface area contributed by atoms with E-state index in [4.69, 9.17) is 0 Å². The molecule has 0 saturated carbocycles. The maximum absolute atomic E-state index is 12.2. The Kier molecular flexibility index (Phi) is 6.74. The molecular weight excluding hydrogens is 338 g/mol. The molecule has 0 saturated heterocycles. The lowest BCUT2D eigenvalue weighted by Gasteiger charge is -2.13. The van der Waals surface area contributed by atoms with Gasteiger partial charge in [-0.15, -0.1) is 0 Å². The number of pyridine rings is 1. The minimum atomic E-state index is -0.164. The molecule has 3 rings (SSSR count). The highest BCUT2D eigenvalue weighted by atomic mass is 16.2. The summed E-state index contributed by atoms with van der Waals surface area (Å²) in [5.41, 5.74) is 3.54. The molecule has 0 unspecified atom stereocenters. The number of allylic oxidation sites excluding steroid dienone is 1. The monoisotopic (exact) mass is 363 g/mol. The van der Waals surface area contributed by atoms with E-state index in [2.05, 4.69) is 21.7 Å². The molecule has 1 aliphatic rings. The quantitative estimate of drug-likeness (QED) is 0.738. The van der Waals surface area contributed by atoms with Gasteiger partial charge in [0.05, 0.1) is 0 Å². The van der Waals surface area contributed by atoms with Crippen molar-refractivity contribution in [3.8, 4) is 0 Å². The number of rotatable bonds is 7. The molecule has 1 heterocycles. The highest BCUT2D eigenvalue weighted by Crippen LogP contribution is 2.19. The fraction of sp³-hybridized carbons (Fsp3) is 0.318. The second-order valence-electron chi connectivity index (χ2n) is 6.73. The van der Waals surface area contributed by atoms with E-state index < -0.39 is 0 Å². The molecule has 1 aromatic carbocycles. The molecule has 5 heteroatoms. The Bertz CT molecular complexity index is 798. The van der Waals surface area contributed by atoms with Crippen molar-refractivity contribution in [2.75, 3.05) is 6.54 Å². The molecule has 27 heavy (non-hydrogen) atoms. The summed E-state index contributed by atoms with van der Waals surface area (Å²) in [6.07, 6.45) is 11.5. The molecule has 2 amide bonds. The maximum Gasteiger partial charge on any atom is 0.251 e. The summed E-state index contributed by atoms with van der Waals surface area (Å²) in [6, 6.07) is 10.5. The van der Waals surface area contributed by atoms with E-state index in [9.17, 15) is 9.59 Å². The molecule has 1 aromatic heterocycles. The number of nitrogens with one attached hydrogen (secondary N) is 2. The molecule has 0 radical (unpaired) electrons. The maximum atomic E-state index is 12.2. The first-order chi connectivity index (χ1) is 13.2. The van der Waals surface area contributed by atoms with Crippen LogP contribution in [0.15, 0.2) is 60.4 Å². The average molecular weight is 363 g/mol. The van der Waals surface area contributed by atoms with Gasteiger partial charge in [0, 0.05) is 36.6 Å². The van der Waals surface area contributed by atoms with Gasteiger partial charge in [0.25, 0.3) is 11.8 Å². The Hall–Kier alpha value is -2.95. The summed E-state index contributed by atoms with van der Waals surface area (Å²) in [7, 11) is 0. The summed E-state index contributed by atoms with van der Waals surface area (Å²) >= 11 is 0. The van der Waals surface area contributed by atoms with Crippen LogP contribution >= 0.6 is 0 Å². The van der Waals surface area contributed by atoms with E-state index in [0.29, 0.717) is 24.2 Å². The zero-order chi connectivity index (χ0) is 18.9. The molecule has 1 aliphatic carbocycles. The molecule has 140 valence electrons. The average Bonchev–Trinajstić information content (AvgIpc) is 2.73. The zero-order valence-electron chi connectivity index (χ0n) is 15.4. The third kappa shape index (κ3) is 5.78. The molecule has 2 aromatic rings. The smallest absolute Gasteiger partial charge is 0.251 e. The van der Waals surface area contributed by atoms with E-state index >= 15 is 0 Å². The van der Waals surface area contributed by atoms with Gasteiger partial charge in [-0.25, -0.2) is 0 Å². The Morgan fingerprint density at radius 2 is 1.56 bits per heavy atom. The SMILES string of the molecule is O=C(NCCC1=CCCCC1)c1ccc(C(=O)NCc2ccncc2)cc1. The Balaban J connectivity index is 1.46. The molecule has 0 atom stereocenters. The molecule has 2 N–H and O–H groups in total. The van der Waals surface area contributed by atoms with Crippen molar-refractivity contribution in [2.45, 2.75) is 38.6 Å². The number of carbonyl (C=O) groups excluding carboxylic acids is 2. The Morgan fingerprint density at radius 1 is 0.889 bits per heavy atom. The normalized spacial score (nSPS) is 13.6. The van der Waals surface area contributed by atoms with Crippen LogP contribution in [0.2, 0.25) is 0 Å². The van der Waals surface area contributed by atoms with Crippen molar-refractivity contribution in [1.82, 2.24) is 15.6 Å². The molecule has 0 aliphatic heterocycles. The number of hydrogen-bond donors (Lipinski definition) is 2. The van der Waals surface area contributed by atoms with Gasteiger partial charge in [-0.05, 0) is 74.1 Å². The van der Waals surface area contributed by atoms with Gasteiger partial charge in [0.1, 0.15) is 0 Å². The highest BCUT2D eigenvalue weighted by Gasteiger charge is 2.09. The Labute approximate surface area is 159 Å². The third-order valence-corrected chi connectivity index (χ3v) is 4.73. The number of amides is 2. The van der Waals surface area contributed by atoms with Gasteiger partial charge in [-0.2, -0.15) is 0 Å². The van der Waals surface area contributed by atoms with Crippen molar-refractivity contribution < 1.29 is 9.59 Å². The number of hydrogen-bond acceptors (Lipinski definition) is 3. The summed E-state index contributed by atoms with van der Waals surface area (Å²) in [5.74, 6) is -0.266. The number of carbonyl (C=O) groups is 2. The second kappa shape index (κ2) is 9.67. The van der Waals surface area contributed by atoms with Crippen molar-refractivity contribution >= 4 is 11.8 Å². The van der Waals surface area contributed by atoms with Crippen LogP contribution in [-0.2, 0) is 6.54 Å². The number of nitrogens with zero attached hydrogens (tertiary/aromatic N) is 1. The molecule has 0 fully saturated rings. The summed E-state index contributed by atoms with van der Waals surface area (Å²) in [5, 5.41) is 5.82. The van der Waals surface area contributed by atoms with Crippen LogP contribution in [0, 0.1) is 0 Å². The lowest BCUT2D eigenvalue weighted by atomic mass is 9.97. The largest absolute Gasteiger partial charge is 0.352 e. The molecule has 0 spiro atoms. The van der Waals surface area contributed by atoms with Gasteiger partial charge < -0.3 is 10.6 Å². The van der Waals surface area contributed by atoms with Gasteiger partial charge in [-0.3, -0.25) is 14.6 Å². The predicted octanol–water partition coefficient (Wildman–Crippen LogP) is 3.63. The highest BCUT2D eigenvalue weighted by molar-refractivity contribution is 5.97. The lowest BCUT2D eigenvalue weighted by molar-refractivity contribution is 0.0940. The van der Waals surface area contributed by atoms with E-state index in [-0.39, 0.29) is 11.8 Å². The summed E-state index contributed by atoms with van der Waals surface area (Å²) < 4.78 is 0. The zero-order valence-corrected chi connectivity index (χ0v) is 15.4. The van der Waals surface area contributed by atoms with E-state index in [1.54, 1.807) is 36.7 Å². The van der Waals surface area contributed by atoms with Crippen LogP contribution < -0.4 is 10.6 Å². The number of aromatic nitrogens is 1. The van der Waals surface area contributed by atoms with E-state index in [1.165, 1.54) is 18.4 Å². The second-order valence-corrected chi connectivity index (χ2v) is 6.73. The van der Waals surface area contributed by atoms with Crippen molar-refractivity contribution in [2.24, 2.45) is 0 Å². The summed E-state index contributed by atoms with van der Waals surface area (Å²) in [4.78, 5) is 28.4. The van der Waals surface area contributed by atoms with Crippen LogP contribution in [0.3, 0.4) is 0 Å². The molecule has 5 nitrogen and oxygen atoms in total. The van der Waals surface area contributed by atoms with Crippen molar-refractivity contribution in [3.63, 3.8) is 0 Å². The number of benzene rings is 1. The Morgan fingerprint density at radius 3 is 2.19 bits per heavy atom. The topological polar surface area (TPSA) is 71.1 Å². The van der Waals surface area contributed by atoms with Gasteiger partial charge >= 0.3 is 0 Å². The summed E-state index contributed by atoms with van der Waals surface area (Å²) in [6.45, 7) is 1.10. The minimum absolute atomic E-state index is 0.102. The van der Waals surface area contributed by atoms with Crippen LogP contribution in [0.4, 0.5) is 0 Å². The first kappa shape index (κ1) is 18.8. The third-order valence-electron chi connectivity index (χ3n) is 4.73. The first-order valence-electron chi connectivity index (χ1n) is 9.45. The molecular formula is C22H25N3O2. The van der Waals surface area contributed by atoms with Gasteiger partial charge in [-0.1, -0.05) is 11.6 Å². The van der Waals surface area contributed by atoms with Crippen LogP contribution in [-0.4, -0.2) is 23.3 Å². The van der Waals surface area contributed by atoms with Gasteiger partial charge in [0.15, 0.2) is 0 Å². The van der Waals surface area contributed by atoms with Crippen molar-refractivity contribution in [1.29, 1.82) is 0 Å². The van der Waals surface area contributed by atoms with E-state index in [1.807, 2.05) is 12.1 Å². The van der Waals surface area contributed by atoms with Crippen LogP contribution in [0.5, 0.6) is 0 Å². The van der Waals surface area contributed by atoms with Crippen molar-refractivity contribution in [3.05, 3.63) is 77.1 Å². The lowest BCUT2D eigenvalue weighted by Crippen LogP contribution is -2.25. The minimum Gasteiger partial charge on any atom is -0.352 e. The molecule has 0 bridgehead atoms. The predicted molar refractivity (Wildman–Crippen MR) is 105 cm³/mol. The van der Waals surface area contributed by atoms with Crippen LogP contribution in [0.1, 0.15) is 58.4 Å². The van der Waals surface area contributed by atoms with E-state index in [0.717, 1.165) is 24.8 Å². The van der Waals surface area contributed by atoms with Gasteiger partial charge in [0.2, 0.25) is 0 Å². The standard InChI is InChI=1S/C22H25N3O2/c26-21(24-15-12-17-4-2-1-3-5-17)19-6-8-20(9-7-19)22(27)25-16-18-10-13-23-14-11-18/h4,6-11,13-14H,1-3,5,12,15-16H2,(H,24,26)(H,25,27). The van der Waals surface area contributed by atoms with Crippen LogP contribution in [0.25, 0.3) is 0 Å². The fourth-order valence-corrected chi connectivity index (χ4v) is 3.13. The first-order valence-corrected chi connectivity index (χ1v) is 9.45.